The van der Waals surface area contributed by atoms with Gasteiger partial charge in [-0.1, -0.05) is 52.5 Å². The topological polar surface area (TPSA) is 43.1 Å². The van der Waals surface area contributed by atoms with Crippen molar-refractivity contribution in [2.24, 2.45) is 11.7 Å². The summed E-state index contributed by atoms with van der Waals surface area (Å²) < 4.78 is 0. The first-order chi connectivity index (χ1) is 9.70. The smallest absolute Gasteiger partial charge is 0.137 e. The summed E-state index contributed by atoms with van der Waals surface area (Å²) >= 11 is 0. The van der Waals surface area contributed by atoms with Crippen LogP contribution in [0.5, 0.6) is 0 Å². The molecule has 1 rings (SSSR count). The summed E-state index contributed by atoms with van der Waals surface area (Å²) in [4.78, 5) is 11.4. The quantitative estimate of drug-likeness (QED) is 0.768. The zero-order valence-electron chi connectivity index (χ0n) is 14.6. The Kier molecular flexibility index (Phi) is 21.3. The number of allylic oxidation sites excluding steroid dienone is 5. The number of carbonyl (C=O) groups is 1. The first-order valence-electron chi connectivity index (χ1n) is 7.77. The van der Waals surface area contributed by atoms with Crippen LogP contribution in [0.25, 0.3) is 0 Å². The molecule has 0 aromatic rings. The lowest BCUT2D eigenvalue weighted by Crippen LogP contribution is -2.19. The fourth-order valence-electron chi connectivity index (χ4n) is 2.10. The van der Waals surface area contributed by atoms with Crippen molar-refractivity contribution in [3.05, 3.63) is 36.0 Å². The largest absolute Gasteiger partial charge is 0.333 e. The summed E-state index contributed by atoms with van der Waals surface area (Å²) in [6.07, 6.45) is 9.09. The van der Waals surface area contributed by atoms with Crippen LogP contribution < -0.4 is 5.73 Å². The van der Waals surface area contributed by atoms with E-state index >= 15 is 0 Å². The molecule has 0 saturated heterocycles. The fraction of sp³-hybridized carbons (Fsp3) is 0.611. The van der Waals surface area contributed by atoms with E-state index < -0.39 is 0 Å². The van der Waals surface area contributed by atoms with Crippen molar-refractivity contribution in [2.75, 3.05) is 7.05 Å². The van der Waals surface area contributed by atoms with Gasteiger partial charge in [0.05, 0.1) is 0 Å². The van der Waals surface area contributed by atoms with Crippen LogP contribution in [0.2, 0.25) is 0 Å². The first-order valence-corrected chi connectivity index (χ1v) is 7.77. The van der Waals surface area contributed by atoms with Crippen molar-refractivity contribution in [1.82, 2.24) is 0 Å². The van der Waals surface area contributed by atoms with Crippen LogP contribution in [0.15, 0.2) is 36.0 Å². The highest BCUT2D eigenvalue weighted by Crippen LogP contribution is 2.34. The molecule has 0 amide bonds. The monoisotopic (exact) mass is 281 g/mol. The van der Waals surface area contributed by atoms with Gasteiger partial charge in [-0.05, 0) is 51.3 Å². The predicted octanol–water partition coefficient (Wildman–Crippen LogP) is 5.06. The molecule has 1 saturated carbocycles. The van der Waals surface area contributed by atoms with Gasteiger partial charge in [-0.25, -0.2) is 0 Å². The van der Waals surface area contributed by atoms with E-state index in [0.29, 0.717) is 0 Å². The van der Waals surface area contributed by atoms with Crippen molar-refractivity contribution >= 4 is 5.78 Å². The molecule has 0 aromatic heterocycles. The third-order valence-corrected chi connectivity index (χ3v) is 2.82. The van der Waals surface area contributed by atoms with E-state index in [4.69, 9.17) is 0 Å². The minimum absolute atomic E-state index is 0.105. The number of hydrogen-bond acceptors (Lipinski definition) is 2. The molecule has 0 heterocycles. The van der Waals surface area contributed by atoms with Crippen LogP contribution in [0.4, 0.5) is 0 Å². The van der Waals surface area contributed by atoms with Crippen molar-refractivity contribution in [3.8, 4) is 0 Å². The van der Waals surface area contributed by atoms with E-state index in [9.17, 15) is 4.79 Å². The van der Waals surface area contributed by atoms with Crippen LogP contribution in [-0.2, 0) is 4.79 Å². The Bertz CT molecular complexity index is 301. The lowest BCUT2D eigenvalue weighted by Gasteiger charge is -2.25. The van der Waals surface area contributed by atoms with Crippen molar-refractivity contribution in [1.29, 1.82) is 0 Å². The van der Waals surface area contributed by atoms with Gasteiger partial charge in [0.25, 0.3) is 0 Å². The molecule has 0 aliphatic heterocycles. The molecule has 0 unspecified atom stereocenters. The Hall–Kier alpha value is -1.15. The maximum absolute atomic E-state index is 11.4. The highest BCUT2D eigenvalue weighted by Gasteiger charge is 2.24. The van der Waals surface area contributed by atoms with E-state index in [1.807, 2.05) is 40.7 Å². The van der Waals surface area contributed by atoms with E-state index in [0.717, 1.165) is 19.3 Å². The number of Topliss-reactive ketones (excluding diaryl/α,β-unsaturated/α-hetero) is 1. The molecule has 118 valence electrons. The van der Waals surface area contributed by atoms with Gasteiger partial charge in [-0.15, -0.1) is 0 Å². The van der Waals surface area contributed by atoms with Gasteiger partial charge >= 0.3 is 0 Å². The molecule has 1 aliphatic rings. The van der Waals surface area contributed by atoms with Crippen LogP contribution >= 0.6 is 0 Å². The lowest BCUT2D eigenvalue weighted by atomic mass is 9.78. The average molecular weight is 281 g/mol. The second-order valence-corrected chi connectivity index (χ2v) is 3.73. The molecule has 20 heavy (non-hydrogen) atoms. The van der Waals surface area contributed by atoms with Gasteiger partial charge in [0, 0.05) is 5.92 Å². The Morgan fingerprint density at radius 3 is 2.10 bits per heavy atom. The zero-order chi connectivity index (χ0) is 16.6. The molecule has 1 fully saturated rings. The van der Waals surface area contributed by atoms with Gasteiger partial charge < -0.3 is 5.73 Å². The minimum atomic E-state index is 0.105. The molecule has 1 aliphatic carbocycles. The third-order valence-electron chi connectivity index (χ3n) is 2.82. The Morgan fingerprint density at radius 1 is 1.25 bits per heavy atom. The second-order valence-electron chi connectivity index (χ2n) is 3.73. The highest BCUT2D eigenvalue weighted by atomic mass is 16.1. The average Bonchev–Trinajstić information content (AvgIpc) is 2.53. The van der Waals surface area contributed by atoms with E-state index in [2.05, 4.69) is 18.4 Å². The summed E-state index contributed by atoms with van der Waals surface area (Å²) in [5.41, 5.74) is 7.00. The molecular weight excluding hydrogens is 246 g/mol. The minimum Gasteiger partial charge on any atom is -0.333 e. The molecule has 2 N–H and O–H groups in total. The van der Waals surface area contributed by atoms with Crippen LogP contribution in [0.1, 0.15) is 60.8 Å². The standard InChI is InChI=1S/C13H18O.2C2H6.CH5N/c1-4-7-13-11(5-2)8-6-9-12(13)10(3)14;3*1-2/h4-5,7,12H,1,6,8-9H2,2-3H3;2*1-2H3;2H2,1H3/b11-5-,13-7+;;;/t12-;;;/m1.../s1. The normalized spacial score (nSPS) is 20.5. The number of hydrogen-bond donors (Lipinski definition) is 1. The van der Waals surface area contributed by atoms with Gasteiger partial charge in [-0.2, -0.15) is 0 Å². The predicted molar refractivity (Wildman–Crippen MR) is 92.9 cm³/mol. The molecule has 1 atom stereocenters. The van der Waals surface area contributed by atoms with Crippen LogP contribution in [0, 0.1) is 5.92 Å². The van der Waals surface area contributed by atoms with Gasteiger partial charge in [0.1, 0.15) is 5.78 Å². The Labute approximate surface area is 126 Å². The third kappa shape index (κ3) is 8.87. The maximum Gasteiger partial charge on any atom is 0.137 e. The number of nitrogens with two attached hydrogens (primary N) is 1. The highest BCUT2D eigenvalue weighted by molar-refractivity contribution is 5.82. The summed E-state index contributed by atoms with van der Waals surface area (Å²) in [5.74, 6) is 0.380. The van der Waals surface area contributed by atoms with Crippen molar-refractivity contribution in [2.45, 2.75) is 60.8 Å². The van der Waals surface area contributed by atoms with Gasteiger partial charge in [0.2, 0.25) is 0 Å². The van der Waals surface area contributed by atoms with E-state index in [1.165, 1.54) is 18.2 Å². The second kappa shape index (κ2) is 17.8. The first kappa shape index (κ1) is 23.9. The maximum atomic E-state index is 11.4. The number of rotatable bonds is 2. The number of carbonyl (C=O) groups excluding carboxylic acids is 1. The molecule has 0 radical (unpaired) electrons. The summed E-state index contributed by atoms with van der Waals surface area (Å²) in [6, 6.07) is 0. The molecular formula is C18H35NO. The molecule has 0 bridgehead atoms. The summed E-state index contributed by atoms with van der Waals surface area (Å²) in [5, 5.41) is 0. The molecule has 2 heteroatoms. The van der Waals surface area contributed by atoms with Crippen molar-refractivity contribution < 1.29 is 4.79 Å². The Balaban J connectivity index is -0.000000425. The molecule has 2 nitrogen and oxygen atoms in total. The number of ketones is 1. The zero-order valence-corrected chi connectivity index (χ0v) is 14.6. The van der Waals surface area contributed by atoms with E-state index in [1.54, 1.807) is 13.0 Å². The molecule has 0 aromatic carbocycles. The summed E-state index contributed by atoms with van der Waals surface area (Å²) in [7, 11) is 1.50. The van der Waals surface area contributed by atoms with Crippen molar-refractivity contribution in [3.63, 3.8) is 0 Å². The molecule has 0 spiro atoms. The van der Waals surface area contributed by atoms with E-state index in [-0.39, 0.29) is 11.7 Å². The lowest BCUT2D eigenvalue weighted by molar-refractivity contribution is -0.119. The Morgan fingerprint density at radius 2 is 1.75 bits per heavy atom. The van der Waals surface area contributed by atoms with Gasteiger partial charge in [-0.3, -0.25) is 4.79 Å². The van der Waals surface area contributed by atoms with Crippen LogP contribution in [-0.4, -0.2) is 12.8 Å². The van der Waals surface area contributed by atoms with Gasteiger partial charge in [0.15, 0.2) is 0 Å². The fourth-order valence-corrected chi connectivity index (χ4v) is 2.10. The SMILES string of the molecule is C=C/C=C1\C(=C/C)CCC[C@@H]1C(C)=O.CC.CC.CN. The summed E-state index contributed by atoms with van der Waals surface area (Å²) in [6.45, 7) is 15.4. The van der Waals surface area contributed by atoms with Crippen LogP contribution in [0.3, 0.4) is 0 Å².